The number of halogens is 1. The van der Waals surface area contributed by atoms with Gasteiger partial charge in [-0.2, -0.15) is 0 Å². The first-order chi connectivity index (χ1) is 8.91. The molecule has 6 heteroatoms. The van der Waals surface area contributed by atoms with Crippen molar-refractivity contribution in [1.82, 2.24) is 9.97 Å². The molecule has 0 N–H and O–H groups in total. The molecule has 0 atom stereocenters. The fourth-order valence-electron chi connectivity index (χ4n) is 1.29. The maximum Gasteiger partial charge on any atom is 0.358 e. The van der Waals surface area contributed by atoms with Crippen LogP contribution in [0.15, 0.2) is 6.20 Å². The lowest BCUT2D eigenvalue weighted by molar-refractivity contribution is 0.0172. The van der Waals surface area contributed by atoms with E-state index in [4.69, 9.17) is 21.1 Å². The average molecular weight is 287 g/mol. The van der Waals surface area contributed by atoms with E-state index >= 15 is 0 Å². The Morgan fingerprint density at radius 1 is 1.32 bits per heavy atom. The Morgan fingerprint density at radius 2 is 2.00 bits per heavy atom. The Labute approximate surface area is 118 Å². The molecule has 0 aliphatic rings. The second-order valence-corrected chi connectivity index (χ2v) is 5.04. The van der Waals surface area contributed by atoms with Gasteiger partial charge in [-0.15, -0.1) is 0 Å². The zero-order chi connectivity index (χ0) is 14.4. The van der Waals surface area contributed by atoms with Crippen LogP contribution in [0.4, 0.5) is 0 Å². The molecule has 0 aliphatic heterocycles. The number of carbonyl (C=O) groups excluding carboxylic acids is 1. The van der Waals surface area contributed by atoms with E-state index in [2.05, 4.69) is 9.97 Å². The first kappa shape index (κ1) is 15.9. The summed E-state index contributed by atoms with van der Waals surface area (Å²) in [7, 11) is 0. The number of carbonyl (C=O) groups is 1. The minimum Gasteiger partial charge on any atom is -0.458 e. The van der Waals surface area contributed by atoms with Gasteiger partial charge in [0.1, 0.15) is 12.4 Å². The highest BCUT2D eigenvalue weighted by Gasteiger charge is 2.16. The third kappa shape index (κ3) is 5.12. The second-order valence-electron chi connectivity index (χ2n) is 4.63. The summed E-state index contributed by atoms with van der Waals surface area (Å²) in [6.07, 6.45) is 1.53. The van der Waals surface area contributed by atoms with Crippen molar-refractivity contribution >= 4 is 17.6 Å². The van der Waals surface area contributed by atoms with Gasteiger partial charge >= 0.3 is 5.97 Å². The molecule has 106 valence electrons. The number of rotatable bonds is 6. The average Bonchev–Trinajstić information content (AvgIpc) is 2.34. The van der Waals surface area contributed by atoms with Crippen LogP contribution in [-0.4, -0.2) is 35.3 Å². The zero-order valence-electron chi connectivity index (χ0n) is 11.6. The molecule has 1 aromatic heterocycles. The molecule has 0 spiro atoms. The lowest BCUT2D eigenvalue weighted by atomic mass is 10.2. The van der Waals surface area contributed by atoms with Crippen LogP contribution in [0, 0.1) is 0 Å². The van der Waals surface area contributed by atoms with Crippen LogP contribution in [-0.2, 0) is 9.47 Å². The van der Waals surface area contributed by atoms with Crippen LogP contribution in [0.3, 0.4) is 0 Å². The van der Waals surface area contributed by atoms with Crippen molar-refractivity contribution in [3.63, 3.8) is 0 Å². The van der Waals surface area contributed by atoms with E-state index in [0.717, 1.165) is 0 Å². The van der Waals surface area contributed by atoms with Gasteiger partial charge in [0.2, 0.25) is 0 Å². The highest BCUT2D eigenvalue weighted by Crippen LogP contribution is 2.17. The minimum absolute atomic E-state index is 0.102. The van der Waals surface area contributed by atoms with E-state index < -0.39 is 5.97 Å². The van der Waals surface area contributed by atoms with E-state index in [1.54, 1.807) is 0 Å². The van der Waals surface area contributed by atoms with Crippen molar-refractivity contribution in [3.05, 3.63) is 22.7 Å². The Kier molecular flexibility index (Phi) is 6.18. The van der Waals surface area contributed by atoms with Gasteiger partial charge in [-0.05, 0) is 13.8 Å². The fraction of sp³-hybridized carbons (Fsp3) is 0.615. The van der Waals surface area contributed by atoms with Crippen LogP contribution in [0.5, 0.6) is 0 Å². The molecule has 0 unspecified atom stereocenters. The Hall–Kier alpha value is -1.20. The lowest BCUT2D eigenvalue weighted by Crippen LogP contribution is -2.16. The molecular weight excluding hydrogens is 268 g/mol. The third-order valence-corrected chi connectivity index (χ3v) is 2.52. The van der Waals surface area contributed by atoms with Crippen LogP contribution < -0.4 is 0 Å². The topological polar surface area (TPSA) is 61.3 Å². The van der Waals surface area contributed by atoms with Gasteiger partial charge in [-0.25, -0.2) is 14.8 Å². The number of esters is 1. The van der Waals surface area contributed by atoms with Gasteiger partial charge < -0.3 is 9.47 Å². The van der Waals surface area contributed by atoms with Gasteiger partial charge in [-0.3, -0.25) is 0 Å². The van der Waals surface area contributed by atoms with Crippen LogP contribution in [0.2, 0.25) is 5.02 Å². The van der Waals surface area contributed by atoms with E-state index in [1.165, 1.54) is 6.20 Å². The van der Waals surface area contributed by atoms with Gasteiger partial charge in [0.15, 0.2) is 5.69 Å². The van der Waals surface area contributed by atoms with Gasteiger partial charge in [0.05, 0.1) is 23.9 Å². The highest BCUT2D eigenvalue weighted by molar-refractivity contribution is 6.33. The molecule has 5 nitrogen and oxygen atoms in total. The van der Waals surface area contributed by atoms with E-state index in [9.17, 15) is 4.79 Å². The maximum atomic E-state index is 11.8. The Balaban J connectivity index is 2.63. The number of hydrogen-bond acceptors (Lipinski definition) is 5. The van der Waals surface area contributed by atoms with E-state index in [1.807, 2.05) is 27.7 Å². The zero-order valence-corrected chi connectivity index (χ0v) is 12.4. The normalized spacial score (nSPS) is 11.1. The largest absolute Gasteiger partial charge is 0.458 e. The summed E-state index contributed by atoms with van der Waals surface area (Å²) in [5, 5.41) is 0.194. The summed E-state index contributed by atoms with van der Waals surface area (Å²) in [5.74, 6) is 0.129. The summed E-state index contributed by atoms with van der Waals surface area (Å²) in [6, 6.07) is 0. The van der Waals surface area contributed by atoms with Crippen molar-refractivity contribution in [3.8, 4) is 0 Å². The number of nitrogens with zero attached hydrogens (tertiary/aromatic N) is 2. The van der Waals surface area contributed by atoms with E-state index in [-0.39, 0.29) is 29.3 Å². The van der Waals surface area contributed by atoms with E-state index in [0.29, 0.717) is 12.4 Å². The fourth-order valence-corrected chi connectivity index (χ4v) is 1.46. The summed E-state index contributed by atoms with van der Waals surface area (Å²) in [4.78, 5) is 20.0. The van der Waals surface area contributed by atoms with Crippen LogP contribution >= 0.6 is 11.6 Å². The molecular formula is C13H19ClN2O3. The number of aromatic nitrogens is 2. The molecule has 0 amide bonds. The smallest absolute Gasteiger partial charge is 0.358 e. The van der Waals surface area contributed by atoms with Crippen LogP contribution in [0.25, 0.3) is 0 Å². The third-order valence-electron chi connectivity index (χ3n) is 2.24. The number of hydrogen-bond donors (Lipinski definition) is 0. The summed E-state index contributed by atoms with van der Waals surface area (Å²) in [6.45, 7) is 8.23. The molecule has 0 radical (unpaired) electrons. The van der Waals surface area contributed by atoms with Crippen LogP contribution in [0.1, 0.15) is 49.9 Å². The quantitative estimate of drug-likeness (QED) is 0.594. The summed E-state index contributed by atoms with van der Waals surface area (Å²) in [5.41, 5.74) is 0.102. The monoisotopic (exact) mass is 286 g/mol. The summed E-state index contributed by atoms with van der Waals surface area (Å²) < 4.78 is 10.3. The predicted molar refractivity (Wildman–Crippen MR) is 72.5 cm³/mol. The molecule has 0 aromatic carbocycles. The Morgan fingerprint density at radius 3 is 2.58 bits per heavy atom. The first-order valence-electron chi connectivity index (χ1n) is 6.23. The molecule has 0 fully saturated rings. The molecule has 0 aliphatic carbocycles. The van der Waals surface area contributed by atoms with Gasteiger partial charge in [0, 0.05) is 5.92 Å². The molecule has 0 saturated carbocycles. The standard InChI is InChI=1S/C13H19ClN2O3/c1-8(2)12-15-7-10(14)11(16-12)13(17)19-6-5-18-9(3)4/h7-9H,5-6H2,1-4H3. The molecule has 19 heavy (non-hydrogen) atoms. The second kappa shape index (κ2) is 7.40. The minimum atomic E-state index is -0.554. The molecule has 0 saturated heterocycles. The molecule has 1 rings (SSSR count). The van der Waals surface area contributed by atoms with Gasteiger partial charge in [0.25, 0.3) is 0 Å². The van der Waals surface area contributed by atoms with Crippen molar-refractivity contribution in [1.29, 1.82) is 0 Å². The predicted octanol–water partition coefficient (Wildman–Crippen LogP) is 2.84. The Bertz CT molecular complexity index is 436. The maximum absolute atomic E-state index is 11.8. The highest BCUT2D eigenvalue weighted by atomic mass is 35.5. The summed E-state index contributed by atoms with van der Waals surface area (Å²) >= 11 is 5.90. The van der Waals surface area contributed by atoms with Crippen molar-refractivity contribution in [2.45, 2.75) is 39.7 Å². The lowest BCUT2D eigenvalue weighted by Gasteiger charge is -2.10. The van der Waals surface area contributed by atoms with Gasteiger partial charge in [-0.1, -0.05) is 25.4 Å². The molecule has 1 aromatic rings. The number of ether oxygens (including phenoxy) is 2. The molecule has 1 heterocycles. The van der Waals surface area contributed by atoms with Crippen molar-refractivity contribution in [2.24, 2.45) is 0 Å². The molecule has 0 bridgehead atoms. The van der Waals surface area contributed by atoms with Crippen molar-refractivity contribution in [2.75, 3.05) is 13.2 Å². The van der Waals surface area contributed by atoms with Crippen molar-refractivity contribution < 1.29 is 14.3 Å². The SMILES string of the molecule is CC(C)OCCOC(=O)c1nc(C(C)C)ncc1Cl. The first-order valence-corrected chi connectivity index (χ1v) is 6.60.